The van der Waals surface area contributed by atoms with E-state index in [1.54, 1.807) is 12.1 Å². The number of hydrogen-bond acceptors (Lipinski definition) is 7. The number of rotatable bonds is 8. The maximum absolute atomic E-state index is 13.7. The number of aromatic nitrogens is 2. The molecule has 1 amide bonds. The lowest BCUT2D eigenvalue weighted by molar-refractivity contribution is -0.146. The van der Waals surface area contributed by atoms with Gasteiger partial charge in [0.05, 0.1) is 18.4 Å². The summed E-state index contributed by atoms with van der Waals surface area (Å²) in [5.74, 6) is -1.37. The fraction of sp³-hybridized carbons (Fsp3) is 0.412. The fourth-order valence-corrected chi connectivity index (χ4v) is 2.72. The molecule has 0 aliphatic carbocycles. The molecule has 0 unspecified atom stereocenters. The van der Waals surface area contributed by atoms with Crippen LogP contribution in [-0.2, 0) is 14.3 Å². The van der Waals surface area contributed by atoms with Gasteiger partial charge in [-0.25, -0.2) is 9.18 Å². The Bertz CT molecular complexity index is 768. The molecule has 0 radical (unpaired) electrons. The van der Waals surface area contributed by atoms with Crippen LogP contribution in [0, 0.1) is 11.7 Å². The van der Waals surface area contributed by atoms with E-state index in [4.69, 9.17) is 9.15 Å². The third-order valence-corrected chi connectivity index (χ3v) is 4.64. The summed E-state index contributed by atoms with van der Waals surface area (Å²) in [6.07, 6.45) is 0.711. The molecule has 0 spiro atoms. The molecule has 26 heavy (non-hydrogen) atoms. The van der Waals surface area contributed by atoms with E-state index in [-0.39, 0.29) is 34.3 Å². The molecule has 1 heterocycles. The first-order valence-corrected chi connectivity index (χ1v) is 9.03. The van der Waals surface area contributed by atoms with Crippen molar-refractivity contribution in [1.29, 1.82) is 0 Å². The highest BCUT2D eigenvalue weighted by molar-refractivity contribution is 7.99. The molecule has 1 aromatic carbocycles. The van der Waals surface area contributed by atoms with E-state index in [0.717, 1.165) is 11.8 Å². The van der Waals surface area contributed by atoms with Crippen molar-refractivity contribution in [3.05, 3.63) is 30.1 Å². The van der Waals surface area contributed by atoms with Crippen LogP contribution in [0.25, 0.3) is 11.5 Å². The summed E-state index contributed by atoms with van der Waals surface area (Å²) < 4.78 is 23.8. The molecule has 1 aromatic heterocycles. The van der Waals surface area contributed by atoms with E-state index >= 15 is 0 Å². The summed E-state index contributed by atoms with van der Waals surface area (Å²) in [6.45, 7) is 3.78. The first-order valence-electron chi connectivity index (χ1n) is 8.04. The molecule has 2 aromatic rings. The number of carbonyl (C=O) groups is 2. The Kier molecular flexibility index (Phi) is 7.14. The first kappa shape index (κ1) is 19.9. The highest BCUT2D eigenvalue weighted by Gasteiger charge is 2.26. The van der Waals surface area contributed by atoms with Crippen molar-refractivity contribution < 1.29 is 23.1 Å². The van der Waals surface area contributed by atoms with Crippen LogP contribution in [0.1, 0.15) is 20.3 Å². The molecular weight excluding hydrogens is 361 g/mol. The minimum Gasteiger partial charge on any atom is -0.467 e. The van der Waals surface area contributed by atoms with Gasteiger partial charge < -0.3 is 14.5 Å². The average Bonchev–Trinajstić information content (AvgIpc) is 3.12. The molecule has 9 heteroatoms. The number of carbonyl (C=O) groups excluding carboxylic acids is 2. The number of thioether (sulfide) groups is 1. The largest absolute Gasteiger partial charge is 0.467 e. The second kappa shape index (κ2) is 9.33. The highest BCUT2D eigenvalue weighted by Crippen LogP contribution is 2.25. The molecule has 1 N–H and O–H groups in total. The van der Waals surface area contributed by atoms with Gasteiger partial charge in [0, 0.05) is 0 Å². The Morgan fingerprint density at radius 3 is 2.73 bits per heavy atom. The molecule has 0 saturated heterocycles. The van der Waals surface area contributed by atoms with Gasteiger partial charge in [0.15, 0.2) is 0 Å². The van der Waals surface area contributed by atoms with Gasteiger partial charge in [-0.2, -0.15) is 0 Å². The number of esters is 1. The Hall–Kier alpha value is -2.42. The Balaban J connectivity index is 1.95. The number of benzene rings is 1. The number of methoxy groups -OCH3 is 1. The van der Waals surface area contributed by atoms with Gasteiger partial charge in [-0.05, 0) is 18.1 Å². The minimum atomic E-state index is -0.713. The van der Waals surface area contributed by atoms with Crippen LogP contribution in [0.3, 0.4) is 0 Å². The summed E-state index contributed by atoms with van der Waals surface area (Å²) in [5.41, 5.74) is 0.193. The first-order chi connectivity index (χ1) is 12.5. The maximum Gasteiger partial charge on any atom is 0.328 e. The molecule has 7 nitrogen and oxygen atoms in total. The fourth-order valence-electron chi connectivity index (χ4n) is 2.15. The third kappa shape index (κ3) is 5.04. The smallest absolute Gasteiger partial charge is 0.328 e. The molecule has 0 aliphatic rings. The normalized spacial score (nSPS) is 13.1. The van der Waals surface area contributed by atoms with Gasteiger partial charge in [-0.3, -0.25) is 4.79 Å². The van der Waals surface area contributed by atoms with E-state index in [1.165, 1.54) is 19.2 Å². The number of amides is 1. The molecule has 0 fully saturated rings. The Morgan fingerprint density at radius 1 is 1.35 bits per heavy atom. The van der Waals surface area contributed by atoms with Crippen LogP contribution in [0.15, 0.2) is 33.9 Å². The van der Waals surface area contributed by atoms with Crippen molar-refractivity contribution in [2.24, 2.45) is 5.92 Å². The summed E-state index contributed by atoms with van der Waals surface area (Å²) in [6, 6.07) is 5.32. The third-order valence-electron chi connectivity index (χ3n) is 3.82. The summed E-state index contributed by atoms with van der Waals surface area (Å²) in [7, 11) is 1.28. The van der Waals surface area contributed by atoms with E-state index in [0.29, 0.717) is 6.42 Å². The van der Waals surface area contributed by atoms with Crippen LogP contribution in [0.5, 0.6) is 0 Å². The quantitative estimate of drug-likeness (QED) is 0.555. The van der Waals surface area contributed by atoms with Gasteiger partial charge in [-0.15, -0.1) is 10.2 Å². The van der Waals surface area contributed by atoms with Gasteiger partial charge in [0.25, 0.3) is 11.1 Å². The second-order valence-corrected chi connectivity index (χ2v) is 6.52. The summed E-state index contributed by atoms with van der Waals surface area (Å²) >= 11 is 1.00. The molecular formula is C17H20FN3O4S. The zero-order chi connectivity index (χ0) is 19.1. The second-order valence-electron chi connectivity index (χ2n) is 5.60. The van der Waals surface area contributed by atoms with Crippen molar-refractivity contribution in [2.45, 2.75) is 31.5 Å². The SMILES string of the molecule is CC[C@H](C)[C@H](NC(=O)CSc1nnc(-c2ccccc2F)o1)C(=O)OC. The molecule has 0 aliphatic heterocycles. The predicted octanol–water partition coefficient (Wildman–Crippen LogP) is 2.67. The number of halogens is 1. The van der Waals surface area contributed by atoms with Crippen LogP contribution in [0.2, 0.25) is 0 Å². The van der Waals surface area contributed by atoms with Crippen molar-refractivity contribution in [2.75, 3.05) is 12.9 Å². The van der Waals surface area contributed by atoms with Gasteiger partial charge >= 0.3 is 5.97 Å². The number of hydrogen-bond donors (Lipinski definition) is 1. The topological polar surface area (TPSA) is 94.3 Å². The molecule has 0 bridgehead atoms. The lowest BCUT2D eigenvalue weighted by atomic mass is 9.99. The van der Waals surface area contributed by atoms with E-state index in [1.807, 2.05) is 13.8 Å². The van der Waals surface area contributed by atoms with E-state index in [2.05, 4.69) is 15.5 Å². The highest BCUT2D eigenvalue weighted by atomic mass is 32.2. The molecule has 0 saturated carbocycles. The molecule has 2 rings (SSSR count). The Labute approximate surface area is 154 Å². The zero-order valence-electron chi connectivity index (χ0n) is 14.7. The van der Waals surface area contributed by atoms with Crippen LogP contribution < -0.4 is 5.32 Å². The Morgan fingerprint density at radius 2 is 2.08 bits per heavy atom. The minimum absolute atomic E-state index is 0.0250. The maximum atomic E-state index is 13.7. The zero-order valence-corrected chi connectivity index (χ0v) is 15.5. The van der Waals surface area contributed by atoms with Crippen molar-refractivity contribution in [3.63, 3.8) is 0 Å². The molecule has 140 valence electrons. The van der Waals surface area contributed by atoms with Crippen LogP contribution >= 0.6 is 11.8 Å². The van der Waals surface area contributed by atoms with Crippen molar-refractivity contribution in [1.82, 2.24) is 15.5 Å². The van der Waals surface area contributed by atoms with Gasteiger partial charge in [-0.1, -0.05) is 44.2 Å². The lowest BCUT2D eigenvalue weighted by Crippen LogP contribution is -2.46. The lowest BCUT2D eigenvalue weighted by Gasteiger charge is -2.21. The van der Waals surface area contributed by atoms with Crippen LogP contribution in [0.4, 0.5) is 4.39 Å². The van der Waals surface area contributed by atoms with E-state index < -0.39 is 17.8 Å². The number of nitrogens with zero attached hydrogens (tertiary/aromatic N) is 2. The van der Waals surface area contributed by atoms with Gasteiger partial charge in [0.2, 0.25) is 5.91 Å². The predicted molar refractivity (Wildman–Crippen MR) is 93.8 cm³/mol. The summed E-state index contributed by atoms with van der Waals surface area (Å²) in [4.78, 5) is 23.9. The number of ether oxygens (including phenoxy) is 1. The van der Waals surface area contributed by atoms with Gasteiger partial charge in [0.1, 0.15) is 11.9 Å². The van der Waals surface area contributed by atoms with Crippen molar-refractivity contribution in [3.8, 4) is 11.5 Å². The van der Waals surface area contributed by atoms with Crippen LogP contribution in [-0.4, -0.2) is 41.0 Å². The van der Waals surface area contributed by atoms with Crippen molar-refractivity contribution >= 4 is 23.6 Å². The summed E-state index contributed by atoms with van der Waals surface area (Å²) in [5, 5.41) is 10.4. The average molecular weight is 381 g/mol. The standard InChI is InChI=1S/C17H20FN3O4S/c1-4-10(2)14(16(23)24-3)19-13(22)9-26-17-21-20-15(25-17)11-7-5-6-8-12(11)18/h5-8,10,14H,4,9H2,1-3H3,(H,19,22)/t10-,14-/m0/s1. The monoisotopic (exact) mass is 381 g/mol. The molecule has 2 atom stereocenters. The number of nitrogens with one attached hydrogen (secondary N) is 1. The van der Waals surface area contributed by atoms with E-state index in [9.17, 15) is 14.0 Å².